The molecule has 0 saturated carbocycles. The number of hydrogen-bond acceptors (Lipinski definition) is 4. The van der Waals surface area contributed by atoms with Crippen LogP contribution in [0, 0.1) is 6.92 Å². The van der Waals surface area contributed by atoms with Crippen LogP contribution < -0.4 is 0 Å². The van der Waals surface area contributed by atoms with E-state index in [0.717, 1.165) is 42.2 Å². The second kappa shape index (κ2) is 5.03. The van der Waals surface area contributed by atoms with Crippen molar-refractivity contribution in [1.82, 2.24) is 25.1 Å². The number of H-pyrrole nitrogens is 1. The zero-order chi connectivity index (χ0) is 14.1. The van der Waals surface area contributed by atoms with Gasteiger partial charge in [0, 0.05) is 31.6 Å². The third kappa shape index (κ3) is 2.17. The highest BCUT2D eigenvalue weighted by molar-refractivity contribution is 5.74. The van der Waals surface area contributed by atoms with Gasteiger partial charge >= 0.3 is 0 Å². The lowest BCUT2D eigenvalue weighted by atomic mass is 10.1. The molecule has 3 rings (SSSR count). The Morgan fingerprint density at radius 3 is 2.90 bits per heavy atom. The minimum absolute atomic E-state index is 0.00760. The second-order valence-corrected chi connectivity index (χ2v) is 5.10. The van der Waals surface area contributed by atoms with Gasteiger partial charge in [0.25, 0.3) is 0 Å². The molecule has 0 aromatic carbocycles. The number of rotatable bonds is 2. The van der Waals surface area contributed by atoms with Crippen molar-refractivity contribution in [3.05, 3.63) is 29.8 Å². The van der Waals surface area contributed by atoms with Gasteiger partial charge in [-0.25, -0.2) is 0 Å². The lowest BCUT2D eigenvalue weighted by Crippen LogP contribution is -2.29. The smallest absolute Gasteiger partial charge is 0.220 e. The van der Waals surface area contributed by atoms with Crippen LogP contribution in [0.15, 0.2) is 18.5 Å². The molecule has 6 heteroatoms. The van der Waals surface area contributed by atoms with E-state index in [1.165, 1.54) is 0 Å². The highest BCUT2D eigenvalue weighted by Crippen LogP contribution is 2.34. The van der Waals surface area contributed by atoms with Gasteiger partial charge in [0.1, 0.15) is 11.4 Å². The van der Waals surface area contributed by atoms with Crippen LogP contribution in [0.4, 0.5) is 0 Å². The number of carbonyl (C=O) groups is 1. The van der Waals surface area contributed by atoms with E-state index in [1.807, 2.05) is 17.9 Å². The molecule has 1 N–H and O–H groups in total. The number of nitrogens with zero attached hydrogens (tertiary/aromatic N) is 4. The predicted molar refractivity (Wildman–Crippen MR) is 73.7 cm³/mol. The molecule has 1 fully saturated rings. The van der Waals surface area contributed by atoms with Gasteiger partial charge in [-0.2, -0.15) is 5.10 Å². The molecule has 6 nitrogen and oxygen atoms in total. The Labute approximate surface area is 117 Å². The van der Waals surface area contributed by atoms with Crippen LogP contribution in [0.3, 0.4) is 0 Å². The molecule has 0 unspecified atom stereocenters. The molecule has 3 heterocycles. The topological polar surface area (TPSA) is 74.8 Å². The van der Waals surface area contributed by atoms with E-state index in [9.17, 15) is 4.79 Å². The summed E-state index contributed by atoms with van der Waals surface area (Å²) in [6, 6.07) is 1.95. The summed E-state index contributed by atoms with van der Waals surface area (Å²) in [5.41, 5.74) is 3.36. The molecule has 2 aromatic heterocycles. The minimum atomic E-state index is 0.00760. The Hall–Kier alpha value is -2.24. The number of nitrogens with one attached hydrogen (secondary N) is 1. The maximum atomic E-state index is 11.7. The molecule has 1 amide bonds. The summed E-state index contributed by atoms with van der Waals surface area (Å²) in [6.45, 7) is 4.34. The first-order valence-electron chi connectivity index (χ1n) is 6.77. The average Bonchev–Trinajstić information content (AvgIpc) is 3.07. The summed E-state index contributed by atoms with van der Waals surface area (Å²) < 4.78 is 0. The van der Waals surface area contributed by atoms with E-state index in [4.69, 9.17) is 0 Å². The number of aromatic amines is 1. The molecule has 0 aliphatic carbocycles. The first-order chi connectivity index (χ1) is 9.66. The molecule has 2 aromatic rings. The largest absolute Gasteiger partial charge is 0.334 e. The molecule has 1 atom stereocenters. The maximum Gasteiger partial charge on any atom is 0.220 e. The fourth-order valence-corrected chi connectivity index (χ4v) is 2.76. The fraction of sp³-hybridized carbons (Fsp3) is 0.429. The number of amides is 1. The molecule has 0 bridgehead atoms. The van der Waals surface area contributed by atoms with Crippen molar-refractivity contribution in [2.45, 2.75) is 32.7 Å². The highest BCUT2D eigenvalue weighted by atomic mass is 16.2. The first kappa shape index (κ1) is 12.8. The van der Waals surface area contributed by atoms with Crippen molar-refractivity contribution < 1.29 is 4.79 Å². The van der Waals surface area contributed by atoms with Crippen LogP contribution in [0.1, 0.15) is 37.2 Å². The average molecular weight is 271 g/mol. The summed E-state index contributed by atoms with van der Waals surface area (Å²) in [6.07, 6.45) is 5.26. The SMILES string of the molecule is CC(=O)N1CCC[C@H]1c1nccnc1-c1cc(C)[nH]n1. The minimum Gasteiger partial charge on any atom is -0.334 e. The standard InChI is InChI=1S/C14H17N5O/c1-9-8-11(18-17-9)13-14(16-6-5-15-13)12-4-3-7-19(12)10(2)20/h5-6,8,12H,3-4,7H2,1-2H3,(H,17,18)/t12-/m0/s1. The van der Waals surface area contributed by atoms with Crippen molar-refractivity contribution in [3.8, 4) is 11.4 Å². The molecule has 1 aliphatic rings. The summed E-state index contributed by atoms with van der Waals surface area (Å²) >= 11 is 0. The second-order valence-electron chi connectivity index (χ2n) is 5.10. The Balaban J connectivity index is 2.04. The van der Waals surface area contributed by atoms with Crippen molar-refractivity contribution in [2.24, 2.45) is 0 Å². The molecule has 0 radical (unpaired) electrons. The van der Waals surface area contributed by atoms with Crippen LogP contribution in [-0.2, 0) is 4.79 Å². The summed E-state index contributed by atoms with van der Waals surface area (Å²) in [5, 5.41) is 7.18. The van der Waals surface area contributed by atoms with Crippen LogP contribution in [-0.4, -0.2) is 37.5 Å². The van der Waals surface area contributed by atoms with Gasteiger partial charge in [-0.05, 0) is 25.8 Å². The third-order valence-corrected chi connectivity index (χ3v) is 3.65. The number of likely N-dealkylation sites (tertiary alicyclic amines) is 1. The number of carbonyl (C=O) groups excluding carboxylic acids is 1. The fourth-order valence-electron chi connectivity index (χ4n) is 2.76. The Morgan fingerprint density at radius 1 is 1.40 bits per heavy atom. The molecule has 1 saturated heterocycles. The van der Waals surface area contributed by atoms with E-state index in [1.54, 1.807) is 19.3 Å². The van der Waals surface area contributed by atoms with Crippen molar-refractivity contribution in [2.75, 3.05) is 6.54 Å². The van der Waals surface area contributed by atoms with Crippen molar-refractivity contribution in [1.29, 1.82) is 0 Å². The zero-order valence-electron chi connectivity index (χ0n) is 11.6. The van der Waals surface area contributed by atoms with E-state index in [2.05, 4.69) is 20.2 Å². The van der Waals surface area contributed by atoms with Crippen LogP contribution >= 0.6 is 0 Å². The van der Waals surface area contributed by atoms with Crippen LogP contribution in [0.2, 0.25) is 0 Å². The Kier molecular flexibility index (Phi) is 3.22. The van der Waals surface area contributed by atoms with E-state index >= 15 is 0 Å². The first-order valence-corrected chi connectivity index (χ1v) is 6.77. The van der Waals surface area contributed by atoms with E-state index in [0.29, 0.717) is 0 Å². The van der Waals surface area contributed by atoms with Gasteiger partial charge in [-0.15, -0.1) is 0 Å². The number of aromatic nitrogens is 4. The quantitative estimate of drug-likeness (QED) is 0.904. The van der Waals surface area contributed by atoms with Gasteiger partial charge in [-0.3, -0.25) is 19.9 Å². The molecule has 1 aliphatic heterocycles. The Morgan fingerprint density at radius 2 is 2.20 bits per heavy atom. The lowest BCUT2D eigenvalue weighted by Gasteiger charge is -2.23. The van der Waals surface area contributed by atoms with Crippen molar-refractivity contribution in [3.63, 3.8) is 0 Å². The van der Waals surface area contributed by atoms with Gasteiger partial charge < -0.3 is 4.90 Å². The summed E-state index contributed by atoms with van der Waals surface area (Å²) in [4.78, 5) is 22.5. The highest BCUT2D eigenvalue weighted by Gasteiger charge is 2.31. The molecule has 20 heavy (non-hydrogen) atoms. The predicted octanol–water partition coefficient (Wildman–Crippen LogP) is 1.86. The van der Waals surface area contributed by atoms with Crippen LogP contribution in [0.25, 0.3) is 11.4 Å². The molecule has 104 valence electrons. The van der Waals surface area contributed by atoms with Gasteiger partial charge in [0.2, 0.25) is 5.91 Å². The normalized spacial score (nSPS) is 18.5. The third-order valence-electron chi connectivity index (χ3n) is 3.65. The van der Waals surface area contributed by atoms with Gasteiger partial charge in [0.15, 0.2) is 0 Å². The number of aryl methyl sites for hydroxylation is 1. The zero-order valence-corrected chi connectivity index (χ0v) is 11.6. The van der Waals surface area contributed by atoms with Gasteiger partial charge in [-0.1, -0.05) is 0 Å². The lowest BCUT2D eigenvalue weighted by molar-refractivity contribution is -0.129. The Bertz CT molecular complexity index is 636. The van der Waals surface area contributed by atoms with Crippen LogP contribution in [0.5, 0.6) is 0 Å². The molecular weight excluding hydrogens is 254 g/mol. The summed E-state index contributed by atoms with van der Waals surface area (Å²) in [7, 11) is 0. The van der Waals surface area contributed by atoms with Crippen molar-refractivity contribution >= 4 is 5.91 Å². The molecule has 0 spiro atoms. The maximum absolute atomic E-state index is 11.7. The monoisotopic (exact) mass is 271 g/mol. The number of hydrogen-bond donors (Lipinski definition) is 1. The van der Waals surface area contributed by atoms with E-state index in [-0.39, 0.29) is 11.9 Å². The van der Waals surface area contributed by atoms with Gasteiger partial charge in [0.05, 0.1) is 11.7 Å². The molecular formula is C14H17N5O. The van der Waals surface area contributed by atoms with E-state index < -0.39 is 0 Å². The summed E-state index contributed by atoms with van der Waals surface area (Å²) in [5.74, 6) is 0.0855.